The minimum Gasteiger partial charge on any atom is -0.207 e. The van der Waals surface area contributed by atoms with Crippen LogP contribution in [0.3, 0.4) is 0 Å². The Balaban J connectivity index is 2.63. The molecule has 0 N–H and O–H groups in total. The van der Waals surface area contributed by atoms with Gasteiger partial charge in [0.2, 0.25) is 0 Å². The maximum Gasteiger partial charge on any atom is 0.119 e. The third-order valence-electron chi connectivity index (χ3n) is 1.60. The molecule has 1 heteroatoms. The molecule has 1 aliphatic rings. The van der Waals surface area contributed by atoms with E-state index < -0.39 is 0 Å². The maximum atomic E-state index is 12.4. The molecule has 9 heavy (non-hydrogen) atoms. The fourth-order valence-corrected chi connectivity index (χ4v) is 1.00. The van der Waals surface area contributed by atoms with Crippen molar-refractivity contribution < 1.29 is 4.39 Å². The van der Waals surface area contributed by atoms with Crippen LogP contribution < -0.4 is 0 Å². The van der Waals surface area contributed by atoms with Crippen molar-refractivity contribution in [1.29, 1.82) is 0 Å². The van der Waals surface area contributed by atoms with Crippen molar-refractivity contribution >= 4 is 0 Å². The van der Waals surface area contributed by atoms with Gasteiger partial charge in [-0.2, -0.15) is 0 Å². The fraction of sp³-hybridized carbons (Fsp3) is 0.500. The molecule has 0 unspecified atom stereocenters. The van der Waals surface area contributed by atoms with Gasteiger partial charge in [0, 0.05) is 0 Å². The topological polar surface area (TPSA) is 0 Å². The van der Waals surface area contributed by atoms with Gasteiger partial charge in [0.05, 0.1) is 0 Å². The van der Waals surface area contributed by atoms with Crippen molar-refractivity contribution in [3.8, 4) is 0 Å². The first-order valence-electron chi connectivity index (χ1n) is 3.38. The highest BCUT2D eigenvalue weighted by Crippen LogP contribution is 2.19. The highest BCUT2D eigenvalue weighted by atomic mass is 19.1. The van der Waals surface area contributed by atoms with Gasteiger partial charge in [-0.05, 0) is 31.4 Å². The number of hydrogen-bond donors (Lipinski definition) is 0. The molecule has 0 saturated heterocycles. The zero-order chi connectivity index (χ0) is 6.69. The average Bonchev–Trinajstić information content (AvgIpc) is 1.88. The summed E-state index contributed by atoms with van der Waals surface area (Å²) in [5.41, 5.74) is 1.23. The van der Waals surface area contributed by atoms with E-state index >= 15 is 0 Å². The number of hydrogen-bond acceptors (Lipinski definition) is 0. The van der Waals surface area contributed by atoms with Gasteiger partial charge in [-0.3, -0.25) is 0 Å². The highest BCUT2D eigenvalue weighted by molar-refractivity contribution is 5.22. The van der Waals surface area contributed by atoms with Crippen LogP contribution in [0.2, 0.25) is 0 Å². The van der Waals surface area contributed by atoms with Gasteiger partial charge >= 0.3 is 0 Å². The van der Waals surface area contributed by atoms with Crippen LogP contribution in [-0.4, -0.2) is 0 Å². The second-order valence-corrected chi connectivity index (χ2v) is 2.28. The summed E-state index contributed by atoms with van der Waals surface area (Å²) in [6.07, 6.45) is 6.19. The predicted molar refractivity (Wildman–Crippen MR) is 36.8 cm³/mol. The van der Waals surface area contributed by atoms with E-state index in [0.29, 0.717) is 0 Å². The Labute approximate surface area is 55.1 Å². The normalized spacial score (nSPS) is 18.9. The minimum atomic E-state index is -0.0573. The van der Waals surface area contributed by atoms with Crippen LogP contribution in [-0.2, 0) is 0 Å². The Kier molecular flexibility index (Phi) is 2.04. The molecular formula is C8H11F. The van der Waals surface area contributed by atoms with Crippen LogP contribution in [0.4, 0.5) is 4.39 Å². The SMILES string of the molecule is CCC1=CC(F)=CCC1. The summed E-state index contributed by atoms with van der Waals surface area (Å²) in [6, 6.07) is 0. The standard InChI is InChI=1S/C8H11F/c1-2-7-4-3-5-8(9)6-7/h5-6H,2-4H2,1H3. The van der Waals surface area contributed by atoms with Crippen LogP contribution in [0.15, 0.2) is 23.6 Å². The molecule has 0 bridgehead atoms. The molecule has 0 aliphatic heterocycles. The van der Waals surface area contributed by atoms with Crippen molar-refractivity contribution in [1.82, 2.24) is 0 Å². The van der Waals surface area contributed by atoms with E-state index in [1.165, 1.54) is 5.57 Å². The second-order valence-electron chi connectivity index (χ2n) is 2.28. The van der Waals surface area contributed by atoms with Gasteiger partial charge in [0.25, 0.3) is 0 Å². The second kappa shape index (κ2) is 2.81. The lowest BCUT2D eigenvalue weighted by atomic mass is 10.0. The molecule has 0 radical (unpaired) electrons. The minimum absolute atomic E-state index is 0.0573. The third-order valence-corrected chi connectivity index (χ3v) is 1.60. The van der Waals surface area contributed by atoms with E-state index in [9.17, 15) is 4.39 Å². The first-order valence-corrected chi connectivity index (χ1v) is 3.38. The van der Waals surface area contributed by atoms with Gasteiger partial charge in [-0.15, -0.1) is 0 Å². The molecule has 0 aromatic rings. The van der Waals surface area contributed by atoms with Gasteiger partial charge < -0.3 is 0 Å². The third kappa shape index (κ3) is 1.67. The average molecular weight is 126 g/mol. The molecule has 0 aromatic carbocycles. The fourth-order valence-electron chi connectivity index (χ4n) is 1.00. The Bertz CT molecular complexity index is 154. The summed E-state index contributed by atoms with van der Waals surface area (Å²) in [5.74, 6) is -0.0573. The van der Waals surface area contributed by atoms with E-state index in [-0.39, 0.29) is 5.83 Å². The van der Waals surface area contributed by atoms with Gasteiger partial charge in [0.15, 0.2) is 0 Å². The molecule has 0 saturated carbocycles. The summed E-state index contributed by atoms with van der Waals surface area (Å²) >= 11 is 0. The van der Waals surface area contributed by atoms with Gasteiger partial charge in [-0.1, -0.05) is 12.5 Å². The van der Waals surface area contributed by atoms with Crippen LogP contribution in [0.5, 0.6) is 0 Å². The summed E-state index contributed by atoms with van der Waals surface area (Å²) < 4.78 is 12.4. The molecule has 0 spiro atoms. The lowest BCUT2D eigenvalue weighted by Crippen LogP contribution is -1.87. The molecule has 0 aromatic heterocycles. The van der Waals surface area contributed by atoms with E-state index in [1.807, 2.05) is 0 Å². The van der Waals surface area contributed by atoms with Crippen LogP contribution in [0.25, 0.3) is 0 Å². The molecule has 0 nitrogen and oxygen atoms in total. The first kappa shape index (κ1) is 6.53. The summed E-state index contributed by atoms with van der Waals surface area (Å²) in [4.78, 5) is 0. The molecule has 0 fully saturated rings. The summed E-state index contributed by atoms with van der Waals surface area (Å²) in [5, 5.41) is 0. The number of halogens is 1. The summed E-state index contributed by atoms with van der Waals surface area (Å²) in [6.45, 7) is 2.06. The molecular weight excluding hydrogens is 115 g/mol. The summed E-state index contributed by atoms with van der Waals surface area (Å²) in [7, 11) is 0. The largest absolute Gasteiger partial charge is 0.207 e. The molecule has 50 valence electrons. The zero-order valence-corrected chi connectivity index (χ0v) is 5.65. The lowest BCUT2D eigenvalue weighted by molar-refractivity contribution is 0.644. The van der Waals surface area contributed by atoms with Gasteiger partial charge in [0.1, 0.15) is 5.83 Å². The van der Waals surface area contributed by atoms with Crippen molar-refractivity contribution in [3.05, 3.63) is 23.6 Å². The number of allylic oxidation sites excluding steroid dienone is 4. The quantitative estimate of drug-likeness (QED) is 0.506. The van der Waals surface area contributed by atoms with Crippen molar-refractivity contribution in [2.75, 3.05) is 0 Å². The van der Waals surface area contributed by atoms with Crippen molar-refractivity contribution in [2.45, 2.75) is 26.2 Å². The van der Waals surface area contributed by atoms with E-state index in [4.69, 9.17) is 0 Å². The van der Waals surface area contributed by atoms with Crippen molar-refractivity contribution in [3.63, 3.8) is 0 Å². The highest BCUT2D eigenvalue weighted by Gasteiger charge is 2.01. The van der Waals surface area contributed by atoms with E-state index in [0.717, 1.165) is 19.3 Å². The van der Waals surface area contributed by atoms with E-state index in [1.54, 1.807) is 12.2 Å². The van der Waals surface area contributed by atoms with Gasteiger partial charge in [-0.25, -0.2) is 4.39 Å². The zero-order valence-electron chi connectivity index (χ0n) is 5.65. The van der Waals surface area contributed by atoms with Crippen LogP contribution in [0.1, 0.15) is 26.2 Å². The lowest BCUT2D eigenvalue weighted by Gasteiger charge is -2.05. The first-order chi connectivity index (χ1) is 4.33. The molecule has 1 rings (SSSR count). The van der Waals surface area contributed by atoms with Crippen molar-refractivity contribution in [2.24, 2.45) is 0 Å². The Hall–Kier alpha value is -0.590. The monoisotopic (exact) mass is 126 g/mol. The molecule has 0 amide bonds. The smallest absolute Gasteiger partial charge is 0.119 e. The molecule has 0 atom stereocenters. The molecule has 0 heterocycles. The van der Waals surface area contributed by atoms with Crippen LogP contribution >= 0.6 is 0 Å². The Morgan fingerprint density at radius 3 is 2.89 bits per heavy atom. The van der Waals surface area contributed by atoms with E-state index in [2.05, 4.69) is 6.92 Å². The Morgan fingerprint density at radius 1 is 1.67 bits per heavy atom. The maximum absolute atomic E-state index is 12.4. The van der Waals surface area contributed by atoms with Crippen LogP contribution in [0, 0.1) is 0 Å². The Morgan fingerprint density at radius 2 is 2.44 bits per heavy atom. The molecule has 1 aliphatic carbocycles. The number of rotatable bonds is 1. The predicted octanol–water partition coefficient (Wildman–Crippen LogP) is 2.97.